The predicted octanol–water partition coefficient (Wildman–Crippen LogP) is 2.92. The van der Waals surface area contributed by atoms with Crippen molar-refractivity contribution in [2.24, 2.45) is 0 Å². The second-order valence-electron chi connectivity index (χ2n) is 3.56. The van der Waals surface area contributed by atoms with E-state index in [2.05, 4.69) is 13.8 Å². The fourth-order valence-corrected chi connectivity index (χ4v) is 1.40. The van der Waals surface area contributed by atoms with Crippen molar-refractivity contribution >= 4 is 0 Å². The molecule has 0 fully saturated rings. The lowest BCUT2D eigenvalue weighted by Gasteiger charge is -2.16. The monoisotopic (exact) mass is 194 g/mol. The Morgan fingerprint density at radius 1 is 1.29 bits per heavy atom. The van der Waals surface area contributed by atoms with E-state index in [-0.39, 0.29) is 0 Å². The molecule has 1 rings (SSSR count). The number of aliphatic hydroxyl groups is 1. The first kappa shape index (κ1) is 11.1. The molecule has 2 nitrogen and oxygen atoms in total. The van der Waals surface area contributed by atoms with Crippen LogP contribution in [-0.2, 0) is 0 Å². The van der Waals surface area contributed by atoms with E-state index in [0.717, 1.165) is 17.7 Å². The molecule has 0 amide bonds. The number of rotatable bonds is 4. The molecule has 1 N–H and O–H groups in total. The Morgan fingerprint density at radius 3 is 2.50 bits per heavy atom. The van der Waals surface area contributed by atoms with Crippen LogP contribution in [0.3, 0.4) is 0 Å². The molecule has 2 heteroatoms. The van der Waals surface area contributed by atoms with Gasteiger partial charge < -0.3 is 9.84 Å². The summed E-state index contributed by atoms with van der Waals surface area (Å²) in [5, 5.41) is 9.16. The van der Waals surface area contributed by atoms with Gasteiger partial charge in [-0.3, -0.25) is 0 Å². The second kappa shape index (κ2) is 5.01. The van der Waals surface area contributed by atoms with Crippen molar-refractivity contribution < 1.29 is 9.84 Å². The van der Waals surface area contributed by atoms with Crippen LogP contribution in [0.1, 0.15) is 38.7 Å². The van der Waals surface area contributed by atoms with E-state index >= 15 is 0 Å². The molecule has 2 unspecified atom stereocenters. The second-order valence-corrected chi connectivity index (χ2v) is 3.56. The summed E-state index contributed by atoms with van der Waals surface area (Å²) in [6, 6.07) is 7.86. The molecule has 2 atom stereocenters. The molecule has 1 aromatic carbocycles. The minimum Gasteiger partial charge on any atom is -0.465 e. The fraction of sp³-hybridized carbons (Fsp3) is 0.500. The number of aliphatic hydroxyl groups excluding tert-OH is 1. The van der Waals surface area contributed by atoms with Crippen molar-refractivity contribution in [2.75, 3.05) is 0 Å². The van der Waals surface area contributed by atoms with Gasteiger partial charge in [0.15, 0.2) is 6.29 Å². The van der Waals surface area contributed by atoms with Gasteiger partial charge >= 0.3 is 0 Å². The van der Waals surface area contributed by atoms with Gasteiger partial charge in [-0.05, 0) is 30.9 Å². The molecule has 0 heterocycles. The van der Waals surface area contributed by atoms with Gasteiger partial charge in [-0.1, -0.05) is 32.0 Å². The molecule has 0 aliphatic rings. The third-order valence-electron chi connectivity index (χ3n) is 2.36. The van der Waals surface area contributed by atoms with E-state index < -0.39 is 6.29 Å². The fourth-order valence-electron chi connectivity index (χ4n) is 1.40. The summed E-state index contributed by atoms with van der Waals surface area (Å²) in [4.78, 5) is 0. The third kappa shape index (κ3) is 2.74. The van der Waals surface area contributed by atoms with Crippen LogP contribution in [0.2, 0.25) is 0 Å². The molecule has 0 aliphatic heterocycles. The number of para-hydroxylation sites is 1. The average Bonchev–Trinajstić information content (AvgIpc) is 2.16. The van der Waals surface area contributed by atoms with Crippen molar-refractivity contribution in [3.63, 3.8) is 0 Å². The standard InChI is InChI=1S/C12H18O2/c1-4-9(2)11-7-5-6-8-12(11)14-10(3)13/h5-10,13H,4H2,1-3H3. The Morgan fingerprint density at radius 2 is 1.93 bits per heavy atom. The van der Waals surface area contributed by atoms with Crippen LogP contribution >= 0.6 is 0 Å². The van der Waals surface area contributed by atoms with Crippen molar-refractivity contribution in [1.29, 1.82) is 0 Å². The maximum atomic E-state index is 9.16. The lowest BCUT2D eigenvalue weighted by Crippen LogP contribution is -2.11. The first-order chi connectivity index (χ1) is 6.65. The molecular formula is C12H18O2. The van der Waals surface area contributed by atoms with E-state index in [4.69, 9.17) is 9.84 Å². The smallest absolute Gasteiger partial charge is 0.194 e. The Labute approximate surface area is 85.5 Å². The van der Waals surface area contributed by atoms with Gasteiger partial charge in [-0.2, -0.15) is 0 Å². The van der Waals surface area contributed by atoms with Crippen LogP contribution in [0.25, 0.3) is 0 Å². The summed E-state index contributed by atoms with van der Waals surface area (Å²) >= 11 is 0. The van der Waals surface area contributed by atoms with E-state index in [9.17, 15) is 0 Å². The topological polar surface area (TPSA) is 29.5 Å². The van der Waals surface area contributed by atoms with E-state index in [1.54, 1.807) is 6.92 Å². The van der Waals surface area contributed by atoms with Gasteiger partial charge in [-0.15, -0.1) is 0 Å². The summed E-state index contributed by atoms with van der Waals surface area (Å²) in [5.41, 5.74) is 1.16. The van der Waals surface area contributed by atoms with Gasteiger partial charge in [0, 0.05) is 0 Å². The van der Waals surface area contributed by atoms with Crippen molar-refractivity contribution in [1.82, 2.24) is 0 Å². The summed E-state index contributed by atoms with van der Waals surface area (Å²) in [6.07, 6.45) is 0.320. The third-order valence-corrected chi connectivity index (χ3v) is 2.36. The van der Waals surface area contributed by atoms with Crippen molar-refractivity contribution in [2.45, 2.75) is 39.4 Å². The van der Waals surface area contributed by atoms with Gasteiger partial charge in [0.1, 0.15) is 5.75 Å². The summed E-state index contributed by atoms with van der Waals surface area (Å²) in [6.45, 7) is 5.92. The zero-order valence-corrected chi connectivity index (χ0v) is 9.03. The molecule has 0 aliphatic carbocycles. The molecule has 0 saturated carbocycles. The van der Waals surface area contributed by atoms with E-state index in [1.165, 1.54) is 0 Å². The molecule has 0 bridgehead atoms. The molecule has 0 saturated heterocycles. The summed E-state index contributed by atoms with van der Waals surface area (Å²) < 4.78 is 5.32. The summed E-state index contributed by atoms with van der Waals surface area (Å²) in [7, 11) is 0. The molecular weight excluding hydrogens is 176 g/mol. The molecule has 0 aromatic heterocycles. The SMILES string of the molecule is CCC(C)c1ccccc1OC(C)O. The zero-order chi connectivity index (χ0) is 10.6. The Kier molecular flexibility index (Phi) is 3.96. The first-order valence-electron chi connectivity index (χ1n) is 5.08. The molecule has 1 aromatic rings. The van der Waals surface area contributed by atoms with Crippen LogP contribution in [0.5, 0.6) is 5.75 Å². The van der Waals surface area contributed by atoms with Crippen molar-refractivity contribution in [3.8, 4) is 5.75 Å². The first-order valence-corrected chi connectivity index (χ1v) is 5.08. The average molecular weight is 194 g/mol. The van der Waals surface area contributed by atoms with Crippen LogP contribution < -0.4 is 4.74 Å². The van der Waals surface area contributed by atoms with E-state index in [1.807, 2.05) is 24.3 Å². The Balaban J connectivity index is 2.91. The van der Waals surface area contributed by atoms with Crippen LogP contribution in [0.4, 0.5) is 0 Å². The van der Waals surface area contributed by atoms with Crippen LogP contribution in [0.15, 0.2) is 24.3 Å². The highest BCUT2D eigenvalue weighted by Gasteiger charge is 2.10. The number of benzene rings is 1. The minimum atomic E-state index is -0.750. The molecule has 0 spiro atoms. The molecule has 14 heavy (non-hydrogen) atoms. The van der Waals surface area contributed by atoms with Gasteiger partial charge in [-0.25, -0.2) is 0 Å². The lowest BCUT2D eigenvalue weighted by atomic mass is 9.98. The number of ether oxygens (including phenoxy) is 1. The molecule has 78 valence electrons. The zero-order valence-electron chi connectivity index (χ0n) is 9.03. The van der Waals surface area contributed by atoms with Gasteiger partial charge in [0.05, 0.1) is 0 Å². The van der Waals surface area contributed by atoms with Gasteiger partial charge in [0.25, 0.3) is 0 Å². The Bertz CT molecular complexity index is 281. The van der Waals surface area contributed by atoms with Gasteiger partial charge in [0.2, 0.25) is 0 Å². The van der Waals surface area contributed by atoms with Crippen LogP contribution in [0, 0.1) is 0 Å². The minimum absolute atomic E-state index is 0.463. The van der Waals surface area contributed by atoms with E-state index in [0.29, 0.717) is 5.92 Å². The quantitative estimate of drug-likeness (QED) is 0.747. The van der Waals surface area contributed by atoms with Crippen LogP contribution in [-0.4, -0.2) is 11.4 Å². The number of hydrogen-bond donors (Lipinski definition) is 1. The maximum Gasteiger partial charge on any atom is 0.194 e. The largest absolute Gasteiger partial charge is 0.465 e. The maximum absolute atomic E-state index is 9.16. The molecule has 0 radical (unpaired) electrons. The Hall–Kier alpha value is -1.02. The highest BCUT2D eigenvalue weighted by molar-refractivity contribution is 5.35. The summed E-state index contributed by atoms with van der Waals surface area (Å²) in [5.74, 6) is 1.25. The predicted molar refractivity (Wildman–Crippen MR) is 57.5 cm³/mol. The highest BCUT2D eigenvalue weighted by Crippen LogP contribution is 2.28. The highest BCUT2D eigenvalue weighted by atomic mass is 16.6. The van der Waals surface area contributed by atoms with Crippen molar-refractivity contribution in [3.05, 3.63) is 29.8 Å². The lowest BCUT2D eigenvalue weighted by molar-refractivity contribution is -0.00120. The number of hydrogen-bond acceptors (Lipinski definition) is 2. The normalized spacial score (nSPS) is 14.9.